The maximum atomic E-state index is 6.44. The fraction of sp³-hybridized carbons (Fsp3) is 0. The van der Waals surface area contributed by atoms with Gasteiger partial charge in [0.2, 0.25) is 0 Å². The van der Waals surface area contributed by atoms with Gasteiger partial charge in [0.05, 0.1) is 0 Å². The van der Waals surface area contributed by atoms with Crippen LogP contribution in [0.1, 0.15) is 0 Å². The Kier molecular flexibility index (Phi) is 5.52. The molecular formula is C30H20B2. The molecule has 5 rings (SSSR count). The van der Waals surface area contributed by atoms with Crippen molar-refractivity contribution in [3.63, 3.8) is 0 Å². The second-order valence-electron chi connectivity index (χ2n) is 7.85. The zero-order chi connectivity index (χ0) is 21.9. The van der Waals surface area contributed by atoms with E-state index >= 15 is 0 Å². The molecule has 0 atom stereocenters. The molecule has 0 bridgehead atoms. The lowest BCUT2D eigenvalue weighted by Gasteiger charge is -2.20. The Morgan fingerprint density at radius 3 is 1.03 bits per heavy atom. The standard InChI is InChI=1S/C30H20B2/c31-29-17-9-7-15-23(29)27-20-26(22-13-5-2-6-14-22)28(24-16-8-10-18-30(24)32)19-25(27)21-11-3-1-4-12-21/h1-20H. The number of hydrogen-bond donors (Lipinski definition) is 0. The first-order valence-corrected chi connectivity index (χ1v) is 10.7. The molecule has 0 unspecified atom stereocenters. The summed E-state index contributed by atoms with van der Waals surface area (Å²) in [6.07, 6.45) is 0. The largest absolute Gasteiger partial charge is 0.114 e. The third-order valence-electron chi connectivity index (χ3n) is 5.83. The van der Waals surface area contributed by atoms with Crippen molar-refractivity contribution in [2.45, 2.75) is 0 Å². The van der Waals surface area contributed by atoms with E-state index in [0.29, 0.717) is 0 Å². The van der Waals surface area contributed by atoms with Crippen molar-refractivity contribution in [3.8, 4) is 44.5 Å². The third kappa shape index (κ3) is 3.81. The quantitative estimate of drug-likeness (QED) is 0.327. The van der Waals surface area contributed by atoms with Gasteiger partial charge in [-0.05, 0) is 56.6 Å². The van der Waals surface area contributed by atoms with Gasteiger partial charge in [-0.25, -0.2) is 0 Å². The smallest absolute Gasteiger partial charge is 0.0890 e. The lowest BCUT2D eigenvalue weighted by molar-refractivity contribution is 1.56. The fourth-order valence-corrected chi connectivity index (χ4v) is 4.24. The van der Waals surface area contributed by atoms with E-state index < -0.39 is 0 Å². The predicted molar refractivity (Wildman–Crippen MR) is 139 cm³/mol. The Labute approximate surface area is 192 Å². The van der Waals surface area contributed by atoms with Crippen LogP contribution >= 0.6 is 0 Å². The molecule has 4 radical (unpaired) electrons. The highest BCUT2D eigenvalue weighted by Gasteiger charge is 2.17. The third-order valence-corrected chi connectivity index (χ3v) is 5.83. The average molecular weight is 402 g/mol. The summed E-state index contributed by atoms with van der Waals surface area (Å²) in [6, 6.07) is 41.5. The van der Waals surface area contributed by atoms with Gasteiger partial charge < -0.3 is 0 Å². The summed E-state index contributed by atoms with van der Waals surface area (Å²) in [4.78, 5) is 0. The van der Waals surface area contributed by atoms with Crippen LogP contribution in [0, 0.1) is 0 Å². The molecule has 32 heavy (non-hydrogen) atoms. The van der Waals surface area contributed by atoms with Gasteiger partial charge in [0.25, 0.3) is 0 Å². The Bertz CT molecular complexity index is 1260. The zero-order valence-corrected chi connectivity index (χ0v) is 17.7. The SMILES string of the molecule is [B]c1ccccc1-c1cc(-c2ccccc2)c(-c2ccccc2[B])cc1-c1ccccc1. The summed E-state index contributed by atoms with van der Waals surface area (Å²) in [5.74, 6) is 0. The molecule has 0 saturated heterocycles. The van der Waals surface area contributed by atoms with E-state index in [9.17, 15) is 0 Å². The van der Waals surface area contributed by atoms with Gasteiger partial charge in [0.15, 0.2) is 0 Å². The van der Waals surface area contributed by atoms with Crippen LogP contribution in [0.25, 0.3) is 44.5 Å². The molecular weight excluding hydrogens is 382 g/mol. The first kappa shape index (κ1) is 20.2. The van der Waals surface area contributed by atoms with Crippen LogP contribution in [0.15, 0.2) is 121 Å². The van der Waals surface area contributed by atoms with Crippen LogP contribution in [0.5, 0.6) is 0 Å². The van der Waals surface area contributed by atoms with Crippen LogP contribution < -0.4 is 10.9 Å². The maximum Gasteiger partial charge on any atom is 0.114 e. The Morgan fingerprint density at radius 2 is 0.656 bits per heavy atom. The van der Waals surface area contributed by atoms with E-state index in [1.165, 1.54) is 0 Å². The van der Waals surface area contributed by atoms with Crippen molar-refractivity contribution in [3.05, 3.63) is 121 Å². The molecule has 0 spiro atoms. The molecule has 0 aliphatic carbocycles. The Morgan fingerprint density at radius 1 is 0.312 bits per heavy atom. The normalized spacial score (nSPS) is 10.8. The van der Waals surface area contributed by atoms with Crippen LogP contribution in [-0.4, -0.2) is 15.7 Å². The van der Waals surface area contributed by atoms with E-state index in [0.717, 1.165) is 55.4 Å². The van der Waals surface area contributed by atoms with Crippen molar-refractivity contribution in [1.29, 1.82) is 0 Å². The van der Waals surface area contributed by atoms with Gasteiger partial charge in [-0.3, -0.25) is 0 Å². The second kappa shape index (κ2) is 8.77. The van der Waals surface area contributed by atoms with E-state index in [-0.39, 0.29) is 0 Å². The van der Waals surface area contributed by atoms with Gasteiger partial charge in [-0.15, -0.1) is 0 Å². The van der Waals surface area contributed by atoms with Crippen molar-refractivity contribution in [1.82, 2.24) is 0 Å². The predicted octanol–water partition coefficient (Wildman–Crippen LogP) is 5.94. The summed E-state index contributed by atoms with van der Waals surface area (Å²) in [5.41, 5.74) is 10.3. The maximum absolute atomic E-state index is 6.44. The Hall–Kier alpha value is -3.77. The molecule has 2 heteroatoms. The summed E-state index contributed by atoms with van der Waals surface area (Å²) < 4.78 is 0. The summed E-state index contributed by atoms with van der Waals surface area (Å²) in [5, 5.41) is 0. The van der Waals surface area contributed by atoms with Crippen LogP contribution in [-0.2, 0) is 0 Å². The minimum atomic E-state index is 0.760. The molecule has 146 valence electrons. The molecule has 0 nitrogen and oxygen atoms in total. The fourth-order valence-electron chi connectivity index (χ4n) is 4.24. The number of hydrogen-bond acceptors (Lipinski definition) is 0. The molecule has 0 heterocycles. The van der Waals surface area contributed by atoms with Gasteiger partial charge in [0.1, 0.15) is 15.7 Å². The first-order valence-electron chi connectivity index (χ1n) is 10.7. The molecule has 0 fully saturated rings. The van der Waals surface area contributed by atoms with Crippen molar-refractivity contribution < 1.29 is 0 Å². The molecule has 5 aromatic rings. The molecule has 5 aromatic carbocycles. The molecule has 0 amide bonds. The van der Waals surface area contributed by atoms with Crippen LogP contribution in [0.2, 0.25) is 0 Å². The topological polar surface area (TPSA) is 0 Å². The van der Waals surface area contributed by atoms with E-state index in [4.69, 9.17) is 15.7 Å². The van der Waals surface area contributed by atoms with Crippen molar-refractivity contribution >= 4 is 26.6 Å². The first-order chi connectivity index (χ1) is 15.7. The van der Waals surface area contributed by atoms with Crippen molar-refractivity contribution in [2.75, 3.05) is 0 Å². The summed E-state index contributed by atoms with van der Waals surface area (Å²) in [6.45, 7) is 0. The molecule has 0 aliphatic heterocycles. The minimum absolute atomic E-state index is 0.760. The molecule has 0 aliphatic rings. The van der Waals surface area contributed by atoms with Gasteiger partial charge in [0, 0.05) is 0 Å². The van der Waals surface area contributed by atoms with E-state index in [2.05, 4.69) is 72.8 Å². The van der Waals surface area contributed by atoms with E-state index in [1.807, 2.05) is 48.5 Å². The molecule has 0 N–H and O–H groups in total. The van der Waals surface area contributed by atoms with Gasteiger partial charge >= 0.3 is 0 Å². The summed E-state index contributed by atoms with van der Waals surface area (Å²) >= 11 is 0. The second-order valence-corrected chi connectivity index (χ2v) is 7.85. The highest BCUT2D eigenvalue weighted by molar-refractivity contribution is 6.37. The molecule has 0 aromatic heterocycles. The highest BCUT2D eigenvalue weighted by Crippen LogP contribution is 2.41. The van der Waals surface area contributed by atoms with Gasteiger partial charge in [-0.1, -0.05) is 120 Å². The number of benzene rings is 5. The van der Waals surface area contributed by atoms with Crippen molar-refractivity contribution in [2.24, 2.45) is 0 Å². The van der Waals surface area contributed by atoms with Gasteiger partial charge in [-0.2, -0.15) is 0 Å². The van der Waals surface area contributed by atoms with Crippen LogP contribution in [0.4, 0.5) is 0 Å². The lowest BCUT2D eigenvalue weighted by Crippen LogP contribution is -2.08. The summed E-state index contributed by atoms with van der Waals surface area (Å²) in [7, 11) is 12.9. The highest BCUT2D eigenvalue weighted by atomic mass is 14.2. The lowest BCUT2D eigenvalue weighted by atomic mass is 9.79. The zero-order valence-electron chi connectivity index (χ0n) is 17.7. The number of rotatable bonds is 4. The monoisotopic (exact) mass is 402 g/mol. The van der Waals surface area contributed by atoms with Crippen LogP contribution in [0.3, 0.4) is 0 Å². The average Bonchev–Trinajstić information content (AvgIpc) is 2.85. The Balaban J connectivity index is 1.89. The molecule has 0 saturated carbocycles. The van der Waals surface area contributed by atoms with E-state index in [1.54, 1.807) is 0 Å². The minimum Gasteiger partial charge on any atom is -0.0890 e.